The van der Waals surface area contributed by atoms with E-state index in [-0.39, 0.29) is 37.3 Å². The van der Waals surface area contributed by atoms with Crippen molar-refractivity contribution in [3.05, 3.63) is 29.6 Å². The van der Waals surface area contributed by atoms with Crippen LogP contribution >= 0.6 is 0 Å². The van der Waals surface area contributed by atoms with Crippen LogP contribution in [0.2, 0.25) is 0 Å². The molecule has 1 saturated heterocycles. The van der Waals surface area contributed by atoms with E-state index >= 15 is 0 Å². The summed E-state index contributed by atoms with van der Waals surface area (Å²) in [7, 11) is 0. The van der Waals surface area contributed by atoms with Crippen LogP contribution in [0, 0.1) is 17.7 Å². The van der Waals surface area contributed by atoms with Crippen LogP contribution in [0.5, 0.6) is 0 Å². The van der Waals surface area contributed by atoms with Gasteiger partial charge in [-0.3, -0.25) is 19.6 Å². The van der Waals surface area contributed by atoms with Gasteiger partial charge < -0.3 is 10.1 Å². The Balaban J connectivity index is 1.81. The summed E-state index contributed by atoms with van der Waals surface area (Å²) >= 11 is 0. The molecular weight excluding hydrogens is 414 g/mol. The first-order chi connectivity index (χ1) is 14.8. The maximum absolute atomic E-state index is 14.2. The highest BCUT2D eigenvalue weighted by molar-refractivity contribution is 5.90. The molecule has 3 atom stereocenters. The molecule has 3 amide bonds. The first-order valence-corrected chi connectivity index (χ1v) is 10.3. The molecule has 0 aromatic carbocycles. The fraction of sp³-hybridized carbons (Fsp3) is 0.600. The van der Waals surface area contributed by atoms with Crippen molar-refractivity contribution in [2.24, 2.45) is 16.8 Å². The van der Waals surface area contributed by atoms with Gasteiger partial charge in [0.05, 0.1) is 25.2 Å². The Hall–Kier alpha value is -2.82. The summed E-state index contributed by atoms with van der Waals surface area (Å²) in [5.74, 6) is -2.65. The summed E-state index contributed by atoms with van der Waals surface area (Å²) < 4.78 is 27.7. The van der Waals surface area contributed by atoms with Gasteiger partial charge in [-0.05, 0) is 24.5 Å². The molecule has 1 aromatic heterocycles. The molecule has 1 aliphatic heterocycles. The number of carbonyl (C=O) groups is 3. The number of likely N-dealkylation sites (tertiary alicyclic amines) is 1. The standard InChI is InChI=1S/C20H26F2N4O5/c21-15-5-6-18(26(31)11-15)23-19(28)17-8-16(22)10-25(17)20(29)14(9-24(30)12-27)7-13-3-1-2-4-13/h5-6,11-14,16-17,30-31H,1-4,7-10H2/t14-,16+,17+/m1/s1. The zero-order chi connectivity index (χ0) is 22.5. The molecule has 1 saturated carbocycles. The Morgan fingerprint density at radius 2 is 2.03 bits per heavy atom. The minimum Gasteiger partial charge on any atom is -0.427 e. The molecule has 1 aliphatic carbocycles. The van der Waals surface area contributed by atoms with Gasteiger partial charge in [0.2, 0.25) is 12.3 Å². The molecule has 2 N–H and O–H groups in total. The maximum Gasteiger partial charge on any atom is 0.270 e. The highest BCUT2D eigenvalue weighted by Gasteiger charge is 2.42. The molecule has 0 spiro atoms. The number of halogens is 2. The summed E-state index contributed by atoms with van der Waals surface area (Å²) in [5.41, 5.74) is -0.258. The predicted octanol–water partition coefficient (Wildman–Crippen LogP) is 1.27. The lowest BCUT2D eigenvalue weighted by molar-refractivity contribution is -0.158. The summed E-state index contributed by atoms with van der Waals surface area (Å²) in [4.78, 5) is 41.6. The largest absolute Gasteiger partial charge is 0.427 e. The number of hydroxylamine groups is 2. The van der Waals surface area contributed by atoms with E-state index in [0.29, 0.717) is 22.4 Å². The van der Waals surface area contributed by atoms with Gasteiger partial charge >= 0.3 is 0 Å². The van der Waals surface area contributed by atoms with E-state index in [4.69, 9.17) is 0 Å². The molecule has 31 heavy (non-hydrogen) atoms. The van der Waals surface area contributed by atoms with Crippen LogP contribution in [-0.4, -0.2) is 68.6 Å². The van der Waals surface area contributed by atoms with Gasteiger partial charge in [0.25, 0.3) is 5.91 Å². The quantitative estimate of drug-likeness (QED) is 0.287. The molecule has 2 fully saturated rings. The molecule has 3 rings (SSSR count). The van der Waals surface area contributed by atoms with E-state index < -0.39 is 35.8 Å². The number of carbonyl (C=O) groups excluding carboxylic acids is 3. The van der Waals surface area contributed by atoms with E-state index in [1.165, 1.54) is 0 Å². The molecule has 0 radical (unpaired) electrons. The summed E-state index contributed by atoms with van der Waals surface area (Å²) in [6.07, 6.45) is 3.58. The van der Waals surface area contributed by atoms with E-state index in [2.05, 4.69) is 4.99 Å². The molecule has 9 nitrogen and oxygen atoms in total. The molecule has 2 aliphatic rings. The molecule has 0 bridgehead atoms. The van der Waals surface area contributed by atoms with Crippen LogP contribution in [0.4, 0.5) is 8.78 Å². The average Bonchev–Trinajstić information content (AvgIpc) is 3.38. The van der Waals surface area contributed by atoms with Crippen molar-refractivity contribution in [1.29, 1.82) is 0 Å². The van der Waals surface area contributed by atoms with Crippen LogP contribution in [0.1, 0.15) is 38.5 Å². The van der Waals surface area contributed by atoms with Gasteiger partial charge in [-0.2, -0.15) is 9.72 Å². The minimum atomic E-state index is -1.44. The van der Waals surface area contributed by atoms with Gasteiger partial charge in [-0.25, -0.2) is 13.8 Å². The SMILES string of the molecule is O=CN(O)C[C@@H](CC1CCCC1)C(=O)N1C[C@@H](F)C[C@H]1C(=O)N=c1ccc(F)cn1O. The number of hydrogen-bond acceptors (Lipinski definition) is 5. The Morgan fingerprint density at radius 3 is 2.68 bits per heavy atom. The second-order valence-electron chi connectivity index (χ2n) is 8.15. The second-order valence-corrected chi connectivity index (χ2v) is 8.15. The van der Waals surface area contributed by atoms with Crippen LogP contribution in [0.15, 0.2) is 23.3 Å². The average molecular weight is 440 g/mol. The normalized spacial score (nSPS) is 23.2. The number of nitrogens with zero attached hydrogens (tertiary/aromatic N) is 4. The highest BCUT2D eigenvalue weighted by atomic mass is 19.1. The van der Waals surface area contributed by atoms with Crippen molar-refractivity contribution >= 4 is 18.2 Å². The Kier molecular flexibility index (Phi) is 7.37. The van der Waals surface area contributed by atoms with E-state index in [0.717, 1.165) is 42.7 Å². The minimum absolute atomic E-state index is 0.198. The lowest BCUT2D eigenvalue weighted by Crippen LogP contribution is -2.46. The number of hydrogen-bond donors (Lipinski definition) is 2. The van der Waals surface area contributed by atoms with Crippen molar-refractivity contribution in [2.45, 2.75) is 50.7 Å². The molecular formula is C20H26F2N4O5. The zero-order valence-corrected chi connectivity index (χ0v) is 16.9. The lowest BCUT2D eigenvalue weighted by Gasteiger charge is -2.29. The Morgan fingerprint density at radius 1 is 1.32 bits per heavy atom. The molecule has 1 aromatic rings. The van der Waals surface area contributed by atoms with E-state index in [1.54, 1.807) is 0 Å². The molecule has 11 heteroatoms. The number of amides is 3. The maximum atomic E-state index is 14.2. The van der Waals surface area contributed by atoms with Crippen LogP contribution in [0.3, 0.4) is 0 Å². The number of aromatic nitrogens is 1. The zero-order valence-electron chi connectivity index (χ0n) is 16.9. The molecule has 0 unspecified atom stereocenters. The second kappa shape index (κ2) is 9.99. The third kappa shape index (κ3) is 5.66. The van der Waals surface area contributed by atoms with E-state index in [1.807, 2.05) is 0 Å². The van der Waals surface area contributed by atoms with Gasteiger partial charge in [0, 0.05) is 6.42 Å². The van der Waals surface area contributed by atoms with Gasteiger partial charge in [0.15, 0.2) is 5.49 Å². The van der Waals surface area contributed by atoms with E-state index in [9.17, 15) is 33.6 Å². The fourth-order valence-corrected chi connectivity index (χ4v) is 4.40. The number of rotatable bonds is 7. The lowest BCUT2D eigenvalue weighted by atomic mass is 9.91. The number of pyridine rings is 1. The van der Waals surface area contributed by atoms with Gasteiger partial charge in [-0.1, -0.05) is 25.7 Å². The summed E-state index contributed by atoms with van der Waals surface area (Å²) in [6, 6.07) is 0.890. The first kappa shape index (κ1) is 22.9. The van der Waals surface area contributed by atoms with Crippen molar-refractivity contribution in [3.63, 3.8) is 0 Å². The first-order valence-electron chi connectivity index (χ1n) is 10.3. The fourth-order valence-electron chi connectivity index (χ4n) is 4.40. The topological polar surface area (TPSA) is 115 Å². The highest BCUT2D eigenvalue weighted by Crippen LogP contribution is 2.32. The summed E-state index contributed by atoms with van der Waals surface area (Å²) in [6.45, 7) is -0.556. The van der Waals surface area contributed by atoms with Crippen molar-refractivity contribution in [3.8, 4) is 0 Å². The van der Waals surface area contributed by atoms with Gasteiger partial charge in [0.1, 0.15) is 18.0 Å². The molecule has 2 heterocycles. The number of alkyl halides is 1. The van der Waals surface area contributed by atoms with Crippen LogP contribution < -0.4 is 5.49 Å². The van der Waals surface area contributed by atoms with Gasteiger partial charge in [-0.15, -0.1) is 0 Å². The third-order valence-electron chi connectivity index (χ3n) is 5.89. The van der Waals surface area contributed by atoms with Crippen molar-refractivity contribution < 1.29 is 33.6 Å². The van der Waals surface area contributed by atoms with Crippen LogP contribution in [0.25, 0.3) is 0 Å². The predicted molar refractivity (Wildman–Crippen MR) is 102 cm³/mol. The third-order valence-corrected chi connectivity index (χ3v) is 5.89. The summed E-state index contributed by atoms with van der Waals surface area (Å²) in [5, 5.41) is 19.7. The van der Waals surface area contributed by atoms with Crippen LogP contribution in [-0.2, 0) is 14.4 Å². The Bertz CT molecular complexity index is 887. The van der Waals surface area contributed by atoms with Crippen molar-refractivity contribution in [2.75, 3.05) is 13.1 Å². The smallest absolute Gasteiger partial charge is 0.270 e. The Labute approximate surface area is 177 Å². The molecule has 170 valence electrons. The monoisotopic (exact) mass is 440 g/mol. The van der Waals surface area contributed by atoms with Crippen molar-refractivity contribution in [1.82, 2.24) is 14.7 Å².